The quantitative estimate of drug-likeness (QED) is 0.348. The number of rotatable bonds is 8. The summed E-state index contributed by atoms with van der Waals surface area (Å²) in [5.41, 5.74) is 3.60. The molecule has 140 valence electrons. The summed E-state index contributed by atoms with van der Waals surface area (Å²) in [5.74, 6) is 0.917. The first kappa shape index (κ1) is 20.7. The number of halogens is 1. The van der Waals surface area contributed by atoms with E-state index in [1.165, 1.54) is 29.5 Å². The van der Waals surface area contributed by atoms with Crippen LogP contribution in [0.25, 0.3) is 0 Å². The fourth-order valence-electron chi connectivity index (χ4n) is 2.51. The molecule has 0 atom stereocenters. The monoisotopic (exact) mass is 465 g/mol. The highest BCUT2D eigenvalue weighted by Gasteiger charge is 2.21. The Hall–Kier alpha value is -1.60. The first-order chi connectivity index (χ1) is 12.3. The van der Waals surface area contributed by atoms with E-state index in [2.05, 4.69) is 58.9 Å². The summed E-state index contributed by atoms with van der Waals surface area (Å²) in [4.78, 5) is 4.66. The smallest absolute Gasteiger partial charge is 0.191 e. The van der Waals surface area contributed by atoms with Crippen molar-refractivity contribution in [3.8, 4) is 0 Å². The maximum Gasteiger partial charge on any atom is 0.191 e. The van der Waals surface area contributed by atoms with Crippen molar-refractivity contribution < 1.29 is 4.74 Å². The summed E-state index contributed by atoms with van der Waals surface area (Å²) in [6.07, 6.45) is 2.50. The van der Waals surface area contributed by atoms with E-state index in [0.717, 1.165) is 12.5 Å². The average Bonchev–Trinajstić information content (AvgIpc) is 3.46. The van der Waals surface area contributed by atoms with Crippen molar-refractivity contribution in [2.45, 2.75) is 45.6 Å². The molecule has 5 heteroatoms. The lowest BCUT2D eigenvalue weighted by Gasteiger charge is -2.10. The molecule has 1 aliphatic rings. The molecule has 2 N–H and O–H groups in total. The first-order valence-electron chi connectivity index (χ1n) is 9.08. The summed E-state index contributed by atoms with van der Waals surface area (Å²) in [7, 11) is 0. The highest BCUT2D eigenvalue weighted by molar-refractivity contribution is 14.0. The van der Waals surface area contributed by atoms with E-state index >= 15 is 0 Å². The average molecular weight is 465 g/mol. The highest BCUT2D eigenvalue weighted by Crippen LogP contribution is 2.18. The molecule has 0 saturated heterocycles. The van der Waals surface area contributed by atoms with E-state index in [-0.39, 0.29) is 24.0 Å². The molecule has 2 aromatic rings. The van der Waals surface area contributed by atoms with Gasteiger partial charge in [0, 0.05) is 12.6 Å². The van der Waals surface area contributed by atoms with Crippen LogP contribution in [0.15, 0.2) is 59.6 Å². The van der Waals surface area contributed by atoms with Crippen LogP contribution in [0.2, 0.25) is 0 Å². The van der Waals surface area contributed by atoms with Crippen LogP contribution >= 0.6 is 24.0 Å². The molecule has 26 heavy (non-hydrogen) atoms. The number of hydrogen-bond acceptors (Lipinski definition) is 2. The molecule has 0 heterocycles. The number of benzene rings is 2. The molecule has 0 aliphatic heterocycles. The maximum atomic E-state index is 5.78. The van der Waals surface area contributed by atoms with Crippen LogP contribution in [-0.4, -0.2) is 18.5 Å². The minimum atomic E-state index is 0. The van der Waals surface area contributed by atoms with Gasteiger partial charge in [-0.25, -0.2) is 4.99 Å². The molecule has 1 saturated carbocycles. The van der Waals surface area contributed by atoms with Gasteiger partial charge in [0.1, 0.15) is 0 Å². The second kappa shape index (κ2) is 11.2. The van der Waals surface area contributed by atoms with Gasteiger partial charge >= 0.3 is 0 Å². The van der Waals surface area contributed by atoms with Gasteiger partial charge in [0.25, 0.3) is 0 Å². The third kappa shape index (κ3) is 7.33. The van der Waals surface area contributed by atoms with Crippen molar-refractivity contribution in [3.63, 3.8) is 0 Å². The Kier molecular flexibility index (Phi) is 8.91. The fourth-order valence-corrected chi connectivity index (χ4v) is 2.51. The van der Waals surface area contributed by atoms with Crippen LogP contribution in [0.1, 0.15) is 36.5 Å². The van der Waals surface area contributed by atoms with Crippen LogP contribution in [0.5, 0.6) is 0 Å². The van der Waals surface area contributed by atoms with Crippen molar-refractivity contribution in [3.05, 3.63) is 71.3 Å². The lowest BCUT2D eigenvalue weighted by Crippen LogP contribution is -2.38. The molecular weight excluding hydrogens is 437 g/mol. The molecule has 0 unspecified atom stereocenters. The molecule has 0 spiro atoms. The Morgan fingerprint density at radius 2 is 1.58 bits per heavy atom. The highest BCUT2D eigenvalue weighted by atomic mass is 127. The Balaban J connectivity index is 0.00000243. The van der Waals surface area contributed by atoms with Gasteiger partial charge in [0.2, 0.25) is 0 Å². The SMILES string of the molecule is CCNC(=NCc1ccc(COCc2ccccc2)cc1)NC1CC1.I. The van der Waals surface area contributed by atoms with Gasteiger partial charge in [-0.15, -0.1) is 24.0 Å². The predicted octanol–water partition coefficient (Wildman–Crippen LogP) is 4.24. The topological polar surface area (TPSA) is 45.7 Å². The molecule has 4 nitrogen and oxygen atoms in total. The predicted molar refractivity (Wildman–Crippen MR) is 118 cm³/mol. The number of guanidine groups is 1. The van der Waals surface area contributed by atoms with Gasteiger partial charge in [0.15, 0.2) is 5.96 Å². The molecule has 0 bridgehead atoms. The standard InChI is InChI=1S/C21H27N3O.HI/c1-2-22-21(24-20-12-13-20)23-14-17-8-10-19(11-9-17)16-25-15-18-6-4-3-5-7-18;/h3-11,20H,2,12-16H2,1H3,(H2,22,23,24);1H. The summed E-state index contributed by atoms with van der Waals surface area (Å²) in [6.45, 7) is 4.94. The first-order valence-corrected chi connectivity index (χ1v) is 9.08. The number of aliphatic imine (C=N–C) groups is 1. The number of ether oxygens (including phenoxy) is 1. The van der Waals surface area contributed by atoms with Crippen molar-refractivity contribution in [1.82, 2.24) is 10.6 Å². The summed E-state index contributed by atoms with van der Waals surface area (Å²) in [5, 5.41) is 6.73. The van der Waals surface area contributed by atoms with Crippen LogP contribution < -0.4 is 10.6 Å². The van der Waals surface area contributed by atoms with Gasteiger partial charge in [-0.05, 0) is 36.5 Å². The van der Waals surface area contributed by atoms with E-state index in [1.807, 2.05) is 18.2 Å². The van der Waals surface area contributed by atoms with Gasteiger partial charge in [-0.1, -0.05) is 54.6 Å². The molecule has 0 amide bonds. The molecule has 0 radical (unpaired) electrons. The minimum absolute atomic E-state index is 0. The number of nitrogens with zero attached hydrogens (tertiary/aromatic N) is 1. The zero-order chi connectivity index (χ0) is 17.3. The van der Waals surface area contributed by atoms with Crippen molar-refractivity contribution in [1.29, 1.82) is 0 Å². The maximum absolute atomic E-state index is 5.78. The Morgan fingerprint density at radius 1 is 0.962 bits per heavy atom. The van der Waals surface area contributed by atoms with E-state index in [9.17, 15) is 0 Å². The van der Waals surface area contributed by atoms with Crippen LogP contribution in [0.4, 0.5) is 0 Å². The van der Waals surface area contributed by atoms with E-state index in [4.69, 9.17) is 4.74 Å². The van der Waals surface area contributed by atoms with Gasteiger partial charge in [-0.3, -0.25) is 0 Å². The van der Waals surface area contributed by atoms with Crippen molar-refractivity contribution in [2.24, 2.45) is 4.99 Å². The zero-order valence-electron chi connectivity index (χ0n) is 15.3. The number of nitrogens with one attached hydrogen (secondary N) is 2. The van der Waals surface area contributed by atoms with Crippen LogP contribution in [0, 0.1) is 0 Å². The van der Waals surface area contributed by atoms with E-state index < -0.39 is 0 Å². The summed E-state index contributed by atoms with van der Waals surface area (Å²) in [6, 6.07) is 19.4. The van der Waals surface area contributed by atoms with Gasteiger partial charge < -0.3 is 15.4 Å². The third-order valence-corrected chi connectivity index (χ3v) is 4.09. The zero-order valence-corrected chi connectivity index (χ0v) is 17.6. The Bertz CT molecular complexity index is 669. The molecule has 0 aromatic heterocycles. The van der Waals surface area contributed by atoms with Crippen molar-refractivity contribution >= 4 is 29.9 Å². The van der Waals surface area contributed by atoms with Gasteiger partial charge in [0.05, 0.1) is 19.8 Å². The molecular formula is C21H28IN3O. The fraction of sp³-hybridized carbons (Fsp3) is 0.381. The van der Waals surface area contributed by atoms with Crippen LogP contribution in [-0.2, 0) is 24.5 Å². The Labute approximate surface area is 173 Å². The molecule has 1 fully saturated rings. The second-order valence-corrected chi connectivity index (χ2v) is 6.41. The van der Waals surface area contributed by atoms with Crippen LogP contribution in [0.3, 0.4) is 0 Å². The van der Waals surface area contributed by atoms with E-state index in [0.29, 0.717) is 25.8 Å². The van der Waals surface area contributed by atoms with Gasteiger partial charge in [-0.2, -0.15) is 0 Å². The lowest BCUT2D eigenvalue weighted by molar-refractivity contribution is 0.107. The second-order valence-electron chi connectivity index (χ2n) is 6.41. The largest absolute Gasteiger partial charge is 0.372 e. The van der Waals surface area contributed by atoms with E-state index in [1.54, 1.807) is 0 Å². The molecule has 3 rings (SSSR count). The Morgan fingerprint density at radius 3 is 2.19 bits per heavy atom. The lowest BCUT2D eigenvalue weighted by atomic mass is 10.1. The normalized spacial score (nSPS) is 13.8. The summed E-state index contributed by atoms with van der Waals surface area (Å²) < 4.78 is 5.78. The minimum Gasteiger partial charge on any atom is -0.372 e. The number of hydrogen-bond donors (Lipinski definition) is 2. The molecule has 1 aliphatic carbocycles. The third-order valence-electron chi connectivity index (χ3n) is 4.09. The molecule has 2 aromatic carbocycles. The summed E-state index contributed by atoms with van der Waals surface area (Å²) >= 11 is 0. The van der Waals surface area contributed by atoms with Crippen molar-refractivity contribution in [2.75, 3.05) is 6.54 Å².